The Kier molecular flexibility index (Phi) is 7.83. The molecule has 0 fully saturated rings. The topological polar surface area (TPSA) is 0 Å². The molecule has 0 spiro atoms. The lowest BCUT2D eigenvalue weighted by molar-refractivity contribution is 1.68. The molecule has 0 saturated heterocycles. The molecule has 2 aromatic heterocycles. The minimum absolute atomic E-state index is 1.23. The first-order valence-corrected chi connectivity index (χ1v) is 23.6. The number of fused-ring (bicyclic) bond motifs is 11. The minimum atomic E-state index is 1.23. The highest BCUT2D eigenvalue weighted by Gasteiger charge is 2.22. The van der Waals surface area contributed by atoms with Crippen molar-refractivity contribution in [1.29, 1.82) is 0 Å². The maximum absolute atomic E-state index is 2.43. The fourth-order valence-corrected chi connectivity index (χ4v) is 13.4. The Bertz CT molecular complexity index is 3870. The van der Waals surface area contributed by atoms with Crippen molar-refractivity contribution in [3.8, 4) is 44.5 Å². The number of hydrogen-bond donors (Lipinski definition) is 0. The van der Waals surface area contributed by atoms with Gasteiger partial charge in [-0.3, -0.25) is 0 Å². The molecule has 12 aromatic carbocycles. The maximum atomic E-state index is 2.43. The summed E-state index contributed by atoms with van der Waals surface area (Å²) in [6, 6.07) is 81.7. The molecule has 2 heterocycles. The second-order valence-corrected chi connectivity index (χ2v) is 19.1. The van der Waals surface area contributed by atoms with Gasteiger partial charge in [0.1, 0.15) is 0 Å². The maximum Gasteiger partial charge on any atom is 0.0434 e. The first-order chi connectivity index (χ1) is 31.8. The number of rotatable bonds is 4. The molecule has 0 radical (unpaired) electrons. The highest BCUT2D eigenvalue weighted by Crippen LogP contribution is 2.50. The number of benzene rings is 12. The van der Waals surface area contributed by atoms with E-state index in [1.807, 2.05) is 22.7 Å². The zero-order chi connectivity index (χ0) is 41.9. The molecule has 0 aliphatic rings. The van der Waals surface area contributed by atoms with Gasteiger partial charge >= 0.3 is 0 Å². The molecule has 0 atom stereocenters. The van der Waals surface area contributed by atoms with Crippen LogP contribution in [-0.4, -0.2) is 0 Å². The van der Waals surface area contributed by atoms with Crippen LogP contribution in [0.2, 0.25) is 0 Å². The summed E-state index contributed by atoms with van der Waals surface area (Å²) in [6.45, 7) is 0. The molecule has 14 rings (SSSR count). The third-order valence-corrected chi connectivity index (χ3v) is 16.1. The summed E-state index contributed by atoms with van der Waals surface area (Å²) >= 11 is 3.81. The van der Waals surface area contributed by atoms with E-state index in [-0.39, 0.29) is 0 Å². The third kappa shape index (κ3) is 5.21. The normalized spacial score (nSPS) is 12.1. The smallest absolute Gasteiger partial charge is 0.0434 e. The number of hydrogen-bond acceptors (Lipinski definition) is 2. The van der Waals surface area contributed by atoms with Crippen LogP contribution in [0.15, 0.2) is 218 Å². The molecule has 0 unspecified atom stereocenters. The van der Waals surface area contributed by atoms with Crippen molar-refractivity contribution in [2.45, 2.75) is 0 Å². The second kappa shape index (κ2) is 13.9. The van der Waals surface area contributed by atoms with E-state index in [1.165, 1.54) is 139 Å². The summed E-state index contributed by atoms with van der Waals surface area (Å²) < 4.78 is 5.34. The summed E-state index contributed by atoms with van der Waals surface area (Å²) in [5.41, 5.74) is 10.2. The summed E-state index contributed by atoms with van der Waals surface area (Å²) in [5, 5.41) is 17.9. The van der Waals surface area contributed by atoms with Gasteiger partial charge in [-0.05, 0) is 112 Å². The van der Waals surface area contributed by atoms with Crippen LogP contribution in [0, 0.1) is 0 Å². The quantitative estimate of drug-likeness (QED) is 0.155. The average molecular weight is 845 g/mol. The van der Waals surface area contributed by atoms with E-state index < -0.39 is 0 Å². The largest absolute Gasteiger partial charge is 0.135 e. The van der Waals surface area contributed by atoms with Gasteiger partial charge in [0, 0.05) is 51.5 Å². The Morgan fingerprint density at radius 3 is 0.906 bits per heavy atom. The van der Waals surface area contributed by atoms with Crippen molar-refractivity contribution in [2.24, 2.45) is 0 Å². The molecule has 0 saturated carbocycles. The molecule has 0 N–H and O–H groups in total. The lowest BCUT2D eigenvalue weighted by Crippen LogP contribution is -1.92. The highest BCUT2D eigenvalue weighted by molar-refractivity contribution is 7.26. The van der Waals surface area contributed by atoms with Gasteiger partial charge in [0.05, 0.1) is 0 Å². The average Bonchev–Trinajstić information content (AvgIpc) is 3.94. The molecule has 0 aliphatic heterocycles. The van der Waals surface area contributed by atoms with Crippen LogP contribution in [-0.2, 0) is 0 Å². The van der Waals surface area contributed by atoms with Crippen molar-refractivity contribution < 1.29 is 0 Å². The minimum Gasteiger partial charge on any atom is -0.135 e. The Morgan fingerprint density at radius 1 is 0.219 bits per heavy atom. The van der Waals surface area contributed by atoms with Gasteiger partial charge in [0.2, 0.25) is 0 Å². The molecule has 64 heavy (non-hydrogen) atoms. The van der Waals surface area contributed by atoms with E-state index in [2.05, 4.69) is 218 Å². The molecule has 0 bridgehead atoms. The molecular weight excluding hydrogens is 809 g/mol. The van der Waals surface area contributed by atoms with Gasteiger partial charge in [-0.15, -0.1) is 22.7 Å². The first kappa shape index (κ1) is 35.9. The third-order valence-electron chi connectivity index (χ3n) is 13.6. The second-order valence-electron chi connectivity index (χ2n) is 17.0. The summed E-state index contributed by atoms with van der Waals surface area (Å²) in [6.07, 6.45) is 0. The van der Waals surface area contributed by atoms with E-state index in [9.17, 15) is 0 Å². The molecule has 296 valence electrons. The SMILES string of the molecule is c1ccc2c(c1)sc1c(-c3c4ccccc4c(-c4ccc5ccc(-c6c7ccccc7c(-c7cccc8c7sc7ccccc78)c7ccccc67)cc5c4)c4ccccc34)cccc12. The number of thiophene rings is 2. The fraction of sp³-hybridized carbons (Fsp3) is 0. The van der Waals surface area contributed by atoms with Gasteiger partial charge in [0.25, 0.3) is 0 Å². The molecule has 2 heteroatoms. The van der Waals surface area contributed by atoms with Crippen LogP contribution in [0.25, 0.3) is 139 Å². The molecular formula is C62H36S2. The van der Waals surface area contributed by atoms with Gasteiger partial charge in [-0.2, -0.15) is 0 Å². The molecule has 0 nitrogen and oxygen atoms in total. The lowest BCUT2D eigenvalue weighted by atomic mass is 9.84. The molecule has 0 aliphatic carbocycles. The van der Waals surface area contributed by atoms with E-state index in [0.29, 0.717) is 0 Å². The Morgan fingerprint density at radius 2 is 0.531 bits per heavy atom. The monoisotopic (exact) mass is 844 g/mol. The molecule has 0 amide bonds. The lowest BCUT2D eigenvalue weighted by Gasteiger charge is -2.19. The van der Waals surface area contributed by atoms with Crippen molar-refractivity contribution in [2.75, 3.05) is 0 Å². The fourth-order valence-electron chi connectivity index (χ4n) is 10.9. The van der Waals surface area contributed by atoms with E-state index >= 15 is 0 Å². The highest BCUT2D eigenvalue weighted by atomic mass is 32.1. The summed E-state index contributed by atoms with van der Waals surface area (Å²) in [7, 11) is 0. The first-order valence-electron chi connectivity index (χ1n) is 22.0. The van der Waals surface area contributed by atoms with Gasteiger partial charge < -0.3 is 0 Å². The van der Waals surface area contributed by atoms with Crippen LogP contribution in [0.4, 0.5) is 0 Å². The Hall–Kier alpha value is -7.62. The van der Waals surface area contributed by atoms with Crippen LogP contribution in [0.3, 0.4) is 0 Å². The van der Waals surface area contributed by atoms with Crippen molar-refractivity contribution >= 4 is 117 Å². The van der Waals surface area contributed by atoms with Gasteiger partial charge in [-0.25, -0.2) is 0 Å². The standard InChI is InChI=1S/C62H36S2/c1-5-21-47-43(17-1)57(44-18-2-6-22-48(44)59(47)53-27-13-25-51-41-15-9-11-29-55(41)63-61(51)53)38-33-31-37-32-34-39(36-40(37)35-38)58-45-19-3-7-23-49(45)60(50-24-8-4-20-46(50)58)54-28-14-26-52-42-16-10-12-30-56(42)64-62(52)54/h1-36H. The zero-order valence-electron chi connectivity index (χ0n) is 34.6. The van der Waals surface area contributed by atoms with E-state index in [1.54, 1.807) is 0 Å². The van der Waals surface area contributed by atoms with Crippen LogP contribution in [0.5, 0.6) is 0 Å². The predicted molar refractivity (Wildman–Crippen MR) is 281 cm³/mol. The Balaban J connectivity index is 0.988. The summed E-state index contributed by atoms with van der Waals surface area (Å²) in [4.78, 5) is 0. The van der Waals surface area contributed by atoms with Crippen LogP contribution < -0.4 is 0 Å². The van der Waals surface area contributed by atoms with Crippen LogP contribution >= 0.6 is 22.7 Å². The van der Waals surface area contributed by atoms with E-state index in [0.717, 1.165) is 0 Å². The van der Waals surface area contributed by atoms with Crippen molar-refractivity contribution in [3.63, 3.8) is 0 Å². The van der Waals surface area contributed by atoms with Crippen molar-refractivity contribution in [3.05, 3.63) is 218 Å². The van der Waals surface area contributed by atoms with Gasteiger partial charge in [-0.1, -0.05) is 194 Å². The van der Waals surface area contributed by atoms with E-state index in [4.69, 9.17) is 0 Å². The van der Waals surface area contributed by atoms with Gasteiger partial charge in [0.15, 0.2) is 0 Å². The van der Waals surface area contributed by atoms with Crippen LogP contribution in [0.1, 0.15) is 0 Å². The zero-order valence-corrected chi connectivity index (χ0v) is 36.2. The molecule has 14 aromatic rings. The Labute approximate surface area is 377 Å². The van der Waals surface area contributed by atoms with Crippen molar-refractivity contribution in [1.82, 2.24) is 0 Å². The summed E-state index contributed by atoms with van der Waals surface area (Å²) in [5.74, 6) is 0. The predicted octanol–water partition coefficient (Wildman–Crippen LogP) is 18.9.